The summed E-state index contributed by atoms with van der Waals surface area (Å²) in [5.74, 6) is -0.518. The normalized spacial score (nSPS) is 11.3. The van der Waals surface area contributed by atoms with Crippen LogP contribution in [0, 0.1) is 0 Å². The van der Waals surface area contributed by atoms with Crippen LogP contribution in [0.4, 0.5) is 5.69 Å². The molecular weight excluding hydrogens is 467 g/mol. The first-order valence-corrected chi connectivity index (χ1v) is 11.4. The average molecular weight is 484 g/mol. The van der Waals surface area contributed by atoms with Crippen LogP contribution in [0.15, 0.2) is 71.6 Å². The van der Waals surface area contributed by atoms with E-state index in [0.29, 0.717) is 27.2 Å². The van der Waals surface area contributed by atoms with Gasteiger partial charge in [-0.05, 0) is 59.7 Å². The van der Waals surface area contributed by atoms with Crippen molar-refractivity contribution in [3.05, 3.63) is 92.9 Å². The number of halogens is 3. The standard InChI is InChI=1S/C21H17Cl3N2O3S/c22-16-5-8-18(9-6-16)30(28,29)25-13-21(27)26-20-10-7-17(23)12-15(20)11-14-3-1-2-4-19(14)24/h1-10,12,25H,11,13H2,(H,26,27). The molecule has 9 heteroatoms. The second-order valence-corrected chi connectivity index (χ2v) is 9.44. The highest BCUT2D eigenvalue weighted by Crippen LogP contribution is 2.26. The van der Waals surface area contributed by atoms with Crippen molar-refractivity contribution in [2.75, 3.05) is 11.9 Å². The lowest BCUT2D eigenvalue weighted by atomic mass is 10.0. The molecule has 0 aromatic heterocycles. The Hall–Kier alpha value is -2.09. The number of carbonyl (C=O) groups is 1. The summed E-state index contributed by atoms with van der Waals surface area (Å²) in [5.41, 5.74) is 2.15. The third-order valence-electron chi connectivity index (χ3n) is 4.23. The number of amides is 1. The van der Waals surface area contributed by atoms with Crippen LogP contribution in [0.5, 0.6) is 0 Å². The Morgan fingerprint density at radius 3 is 2.20 bits per heavy atom. The molecule has 3 rings (SSSR count). The molecule has 0 bridgehead atoms. The summed E-state index contributed by atoms with van der Waals surface area (Å²) in [6, 6.07) is 18.1. The van der Waals surface area contributed by atoms with E-state index in [4.69, 9.17) is 34.8 Å². The Labute approximate surface area is 190 Å². The molecule has 0 fully saturated rings. The van der Waals surface area contributed by atoms with E-state index >= 15 is 0 Å². The number of anilines is 1. The molecular formula is C21H17Cl3N2O3S. The third-order valence-corrected chi connectivity index (χ3v) is 6.50. The highest BCUT2D eigenvalue weighted by molar-refractivity contribution is 7.89. The van der Waals surface area contributed by atoms with Crippen molar-refractivity contribution in [1.29, 1.82) is 0 Å². The van der Waals surface area contributed by atoms with Gasteiger partial charge in [0, 0.05) is 27.2 Å². The molecule has 0 heterocycles. The van der Waals surface area contributed by atoms with Crippen molar-refractivity contribution >= 4 is 56.4 Å². The van der Waals surface area contributed by atoms with Crippen LogP contribution < -0.4 is 10.0 Å². The lowest BCUT2D eigenvalue weighted by molar-refractivity contribution is -0.115. The van der Waals surface area contributed by atoms with Gasteiger partial charge in [-0.3, -0.25) is 4.79 Å². The van der Waals surface area contributed by atoms with Crippen LogP contribution in [-0.4, -0.2) is 20.9 Å². The number of nitrogens with one attached hydrogen (secondary N) is 2. The zero-order chi connectivity index (χ0) is 21.7. The van der Waals surface area contributed by atoms with Crippen molar-refractivity contribution < 1.29 is 13.2 Å². The van der Waals surface area contributed by atoms with Gasteiger partial charge in [0.2, 0.25) is 15.9 Å². The Kier molecular flexibility index (Phi) is 7.39. The summed E-state index contributed by atoms with van der Waals surface area (Å²) in [6.45, 7) is -0.431. The summed E-state index contributed by atoms with van der Waals surface area (Å²) in [6.07, 6.45) is 0.451. The van der Waals surface area contributed by atoms with Crippen molar-refractivity contribution in [3.63, 3.8) is 0 Å². The molecule has 0 saturated heterocycles. The second-order valence-electron chi connectivity index (χ2n) is 6.40. The molecule has 2 N–H and O–H groups in total. The SMILES string of the molecule is O=C(CNS(=O)(=O)c1ccc(Cl)cc1)Nc1ccc(Cl)cc1Cc1ccccc1Cl. The third kappa shape index (κ3) is 5.97. The smallest absolute Gasteiger partial charge is 0.241 e. The number of hydrogen-bond donors (Lipinski definition) is 2. The maximum absolute atomic E-state index is 12.4. The molecule has 0 aliphatic carbocycles. The van der Waals surface area contributed by atoms with Crippen LogP contribution >= 0.6 is 34.8 Å². The largest absolute Gasteiger partial charge is 0.325 e. The molecule has 1 amide bonds. The summed E-state index contributed by atoms with van der Waals surface area (Å²) >= 11 is 18.1. The van der Waals surface area contributed by atoms with E-state index in [1.165, 1.54) is 24.3 Å². The maximum atomic E-state index is 12.4. The van der Waals surface area contributed by atoms with Gasteiger partial charge in [0.15, 0.2) is 0 Å². The summed E-state index contributed by atoms with van der Waals surface area (Å²) in [7, 11) is -3.84. The first-order chi connectivity index (χ1) is 14.2. The highest BCUT2D eigenvalue weighted by atomic mass is 35.5. The van der Waals surface area contributed by atoms with E-state index < -0.39 is 22.5 Å². The van der Waals surface area contributed by atoms with Crippen molar-refractivity contribution in [3.8, 4) is 0 Å². The number of sulfonamides is 1. The number of benzene rings is 3. The summed E-state index contributed by atoms with van der Waals surface area (Å²) in [5, 5.41) is 4.25. The maximum Gasteiger partial charge on any atom is 0.241 e. The Bertz CT molecular complexity index is 1170. The quantitative estimate of drug-likeness (QED) is 0.488. The zero-order valence-electron chi connectivity index (χ0n) is 15.5. The van der Waals surface area contributed by atoms with Gasteiger partial charge < -0.3 is 5.32 Å². The molecule has 0 atom stereocenters. The molecule has 0 radical (unpaired) electrons. The Morgan fingerprint density at radius 2 is 1.50 bits per heavy atom. The molecule has 0 aliphatic heterocycles. The van der Waals surface area contributed by atoms with Crippen LogP contribution in [-0.2, 0) is 21.2 Å². The predicted octanol–water partition coefficient (Wildman–Crippen LogP) is 5.15. The molecule has 156 valence electrons. The lowest BCUT2D eigenvalue weighted by Gasteiger charge is -2.13. The topological polar surface area (TPSA) is 75.3 Å². The Morgan fingerprint density at radius 1 is 0.833 bits per heavy atom. The van der Waals surface area contributed by atoms with Gasteiger partial charge in [-0.15, -0.1) is 0 Å². The second kappa shape index (κ2) is 9.81. The van der Waals surface area contributed by atoms with Crippen LogP contribution in [0.3, 0.4) is 0 Å². The van der Waals surface area contributed by atoms with Gasteiger partial charge in [-0.2, -0.15) is 0 Å². The molecule has 0 aliphatic rings. The van der Waals surface area contributed by atoms with E-state index in [1.807, 2.05) is 18.2 Å². The number of rotatable bonds is 7. The molecule has 30 heavy (non-hydrogen) atoms. The van der Waals surface area contributed by atoms with Crippen LogP contribution in [0.1, 0.15) is 11.1 Å². The van der Waals surface area contributed by atoms with Gasteiger partial charge in [0.1, 0.15) is 0 Å². The van der Waals surface area contributed by atoms with Crippen LogP contribution in [0.2, 0.25) is 15.1 Å². The van der Waals surface area contributed by atoms with Crippen molar-refractivity contribution in [2.45, 2.75) is 11.3 Å². The summed E-state index contributed by atoms with van der Waals surface area (Å²) < 4.78 is 26.9. The first-order valence-electron chi connectivity index (χ1n) is 8.81. The minimum atomic E-state index is -3.84. The van der Waals surface area contributed by atoms with E-state index in [1.54, 1.807) is 24.3 Å². The van der Waals surface area contributed by atoms with E-state index in [9.17, 15) is 13.2 Å². The van der Waals surface area contributed by atoms with E-state index in [-0.39, 0.29) is 4.90 Å². The minimum absolute atomic E-state index is 0.0191. The summed E-state index contributed by atoms with van der Waals surface area (Å²) in [4.78, 5) is 12.4. The minimum Gasteiger partial charge on any atom is -0.325 e. The molecule has 5 nitrogen and oxygen atoms in total. The van der Waals surface area contributed by atoms with Crippen LogP contribution in [0.25, 0.3) is 0 Å². The molecule has 0 unspecified atom stereocenters. The van der Waals surface area contributed by atoms with Gasteiger partial charge in [-0.25, -0.2) is 13.1 Å². The molecule has 0 saturated carbocycles. The van der Waals surface area contributed by atoms with Crippen molar-refractivity contribution in [1.82, 2.24) is 4.72 Å². The zero-order valence-corrected chi connectivity index (χ0v) is 18.6. The fourth-order valence-corrected chi connectivity index (χ4v) is 4.23. The fourth-order valence-electron chi connectivity index (χ4n) is 2.73. The van der Waals surface area contributed by atoms with Gasteiger partial charge in [0.05, 0.1) is 11.4 Å². The van der Waals surface area contributed by atoms with E-state index in [0.717, 1.165) is 11.1 Å². The van der Waals surface area contributed by atoms with Gasteiger partial charge >= 0.3 is 0 Å². The number of carbonyl (C=O) groups excluding carboxylic acids is 1. The van der Waals surface area contributed by atoms with Crippen molar-refractivity contribution in [2.24, 2.45) is 0 Å². The average Bonchev–Trinajstić information content (AvgIpc) is 2.71. The lowest BCUT2D eigenvalue weighted by Crippen LogP contribution is -2.33. The predicted molar refractivity (Wildman–Crippen MR) is 121 cm³/mol. The van der Waals surface area contributed by atoms with E-state index in [2.05, 4.69) is 10.0 Å². The highest BCUT2D eigenvalue weighted by Gasteiger charge is 2.16. The molecule has 3 aromatic carbocycles. The van der Waals surface area contributed by atoms with Gasteiger partial charge in [0.25, 0.3) is 0 Å². The fraction of sp³-hybridized carbons (Fsp3) is 0.0952. The number of hydrogen-bond acceptors (Lipinski definition) is 3. The Balaban J connectivity index is 1.71. The molecule has 3 aromatic rings. The van der Waals surface area contributed by atoms with Gasteiger partial charge in [-0.1, -0.05) is 53.0 Å². The monoisotopic (exact) mass is 482 g/mol. The first kappa shape index (κ1) is 22.6. The molecule has 0 spiro atoms.